The van der Waals surface area contributed by atoms with Gasteiger partial charge in [-0.1, -0.05) is 42.5 Å². The van der Waals surface area contributed by atoms with Crippen molar-refractivity contribution >= 4 is 68.5 Å². The van der Waals surface area contributed by atoms with Gasteiger partial charge in [0.25, 0.3) is 5.91 Å². The molecule has 0 aliphatic rings. The standard InChI is InChI=1S/C27H28Cl2N6O/c28-19-6-8-21-23(10-14-31-25(21)16-19)30-12-4-2-1-3-5-13-33-27(36)18-34-35-24-11-15-32-26-17-20(29)7-9-22(24)26/h6-11,14-18H,1-5,12-13H2,(H,30,31)(H,32,35)(H,33,36)/b34-18-. The Morgan fingerprint density at radius 2 is 1.36 bits per heavy atom. The summed E-state index contributed by atoms with van der Waals surface area (Å²) in [4.78, 5) is 20.7. The molecular weight excluding hydrogens is 495 g/mol. The number of hydrogen-bond donors (Lipinski definition) is 3. The minimum Gasteiger partial charge on any atom is -0.384 e. The third kappa shape index (κ3) is 7.29. The van der Waals surface area contributed by atoms with Gasteiger partial charge < -0.3 is 10.6 Å². The molecule has 0 saturated carbocycles. The van der Waals surface area contributed by atoms with Crippen molar-refractivity contribution in [3.05, 3.63) is 71.0 Å². The van der Waals surface area contributed by atoms with Crippen LogP contribution in [0.1, 0.15) is 32.1 Å². The van der Waals surface area contributed by atoms with Gasteiger partial charge in [-0.25, -0.2) is 0 Å². The van der Waals surface area contributed by atoms with Crippen LogP contribution >= 0.6 is 23.2 Å². The van der Waals surface area contributed by atoms with E-state index in [0.717, 1.165) is 71.8 Å². The van der Waals surface area contributed by atoms with E-state index in [-0.39, 0.29) is 5.91 Å². The van der Waals surface area contributed by atoms with Crippen LogP contribution in [0.2, 0.25) is 10.0 Å². The number of nitrogens with zero attached hydrogens (tertiary/aromatic N) is 3. The average molecular weight is 523 g/mol. The van der Waals surface area contributed by atoms with E-state index in [1.165, 1.54) is 6.21 Å². The minimum atomic E-state index is -0.223. The number of amides is 1. The van der Waals surface area contributed by atoms with E-state index in [1.54, 1.807) is 30.6 Å². The molecule has 4 rings (SSSR count). The molecule has 9 heteroatoms. The number of nitrogens with one attached hydrogen (secondary N) is 3. The molecule has 7 nitrogen and oxygen atoms in total. The van der Waals surface area contributed by atoms with Gasteiger partial charge in [-0.3, -0.25) is 20.2 Å². The number of benzene rings is 2. The van der Waals surface area contributed by atoms with Crippen molar-refractivity contribution in [2.45, 2.75) is 32.1 Å². The number of hydrazone groups is 1. The highest BCUT2D eigenvalue weighted by Gasteiger charge is 2.03. The molecule has 0 unspecified atom stereocenters. The molecule has 4 aromatic rings. The Hall–Kier alpha value is -3.42. The van der Waals surface area contributed by atoms with Crippen LogP contribution in [0.3, 0.4) is 0 Å². The van der Waals surface area contributed by atoms with Gasteiger partial charge in [-0.15, -0.1) is 0 Å². The Balaban J connectivity index is 1.07. The Labute approximate surface area is 220 Å². The minimum absolute atomic E-state index is 0.223. The molecule has 0 radical (unpaired) electrons. The van der Waals surface area contributed by atoms with E-state index in [9.17, 15) is 4.79 Å². The van der Waals surface area contributed by atoms with Gasteiger partial charge in [0.05, 0.1) is 16.7 Å². The quantitative estimate of drug-likeness (QED) is 0.110. The number of anilines is 2. The fourth-order valence-corrected chi connectivity index (χ4v) is 4.25. The Bertz CT molecular complexity index is 1360. The summed E-state index contributed by atoms with van der Waals surface area (Å²) >= 11 is 12.1. The fraction of sp³-hybridized carbons (Fsp3) is 0.259. The number of fused-ring (bicyclic) bond motifs is 2. The first kappa shape index (κ1) is 25.7. The van der Waals surface area contributed by atoms with Crippen molar-refractivity contribution in [3.8, 4) is 0 Å². The molecule has 0 spiro atoms. The lowest BCUT2D eigenvalue weighted by Gasteiger charge is -2.09. The number of pyridine rings is 2. The van der Waals surface area contributed by atoms with Crippen molar-refractivity contribution in [2.24, 2.45) is 5.10 Å². The second-order valence-electron chi connectivity index (χ2n) is 8.40. The zero-order valence-electron chi connectivity index (χ0n) is 19.8. The predicted octanol–water partition coefficient (Wildman–Crippen LogP) is 6.67. The van der Waals surface area contributed by atoms with E-state index < -0.39 is 0 Å². The highest BCUT2D eigenvalue weighted by atomic mass is 35.5. The second-order valence-corrected chi connectivity index (χ2v) is 9.27. The van der Waals surface area contributed by atoms with E-state index in [0.29, 0.717) is 16.6 Å². The molecule has 36 heavy (non-hydrogen) atoms. The molecule has 2 aromatic heterocycles. The summed E-state index contributed by atoms with van der Waals surface area (Å²) in [5.41, 5.74) is 6.40. The van der Waals surface area contributed by atoms with Gasteiger partial charge in [-0.2, -0.15) is 5.10 Å². The lowest BCUT2D eigenvalue weighted by Crippen LogP contribution is -2.25. The third-order valence-corrected chi connectivity index (χ3v) is 6.21. The van der Waals surface area contributed by atoms with Crippen LogP contribution in [0, 0.1) is 0 Å². The van der Waals surface area contributed by atoms with Gasteiger partial charge in [0, 0.05) is 52.0 Å². The summed E-state index contributed by atoms with van der Waals surface area (Å²) in [5.74, 6) is -0.223. The molecule has 0 saturated heterocycles. The van der Waals surface area contributed by atoms with Gasteiger partial charge in [0.2, 0.25) is 0 Å². The van der Waals surface area contributed by atoms with Crippen LogP contribution in [-0.4, -0.2) is 35.2 Å². The van der Waals surface area contributed by atoms with Crippen LogP contribution in [-0.2, 0) is 4.79 Å². The molecule has 0 fully saturated rings. The maximum absolute atomic E-state index is 12.0. The number of carbonyl (C=O) groups excluding carboxylic acids is 1. The SMILES string of the molecule is O=C(/C=N\Nc1ccnc2cc(Cl)ccc12)NCCCCCCCNc1ccnc2cc(Cl)ccc12. The predicted molar refractivity (Wildman–Crippen MR) is 150 cm³/mol. The first-order valence-electron chi connectivity index (χ1n) is 12.0. The van der Waals surface area contributed by atoms with Crippen molar-refractivity contribution in [1.82, 2.24) is 15.3 Å². The number of aromatic nitrogens is 2. The summed E-state index contributed by atoms with van der Waals surface area (Å²) in [6.07, 6.45) is 10.1. The summed E-state index contributed by atoms with van der Waals surface area (Å²) in [5, 5.41) is 13.7. The molecule has 0 atom stereocenters. The third-order valence-electron chi connectivity index (χ3n) is 5.74. The number of hydrogen-bond acceptors (Lipinski definition) is 6. The molecular formula is C27H28Cl2N6O. The number of unbranched alkanes of at least 4 members (excludes halogenated alkanes) is 4. The summed E-state index contributed by atoms with van der Waals surface area (Å²) < 4.78 is 0. The van der Waals surface area contributed by atoms with Gasteiger partial charge in [-0.05, 0) is 61.4 Å². The van der Waals surface area contributed by atoms with Crippen molar-refractivity contribution < 1.29 is 4.79 Å². The summed E-state index contributed by atoms with van der Waals surface area (Å²) in [6.45, 7) is 1.53. The Morgan fingerprint density at radius 3 is 2.06 bits per heavy atom. The van der Waals surface area contributed by atoms with Crippen LogP contribution in [0.5, 0.6) is 0 Å². The maximum Gasteiger partial charge on any atom is 0.264 e. The van der Waals surface area contributed by atoms with Gasteiger partial charge in [0.1, 0.15) is 6.21 Å². The van der Waals surface area contributed by atoms with Gasteiger partial charge in [0.15, 0.2) is 0 Å². The van der Waals surface area contributed by atoms with Crippen LogP contribution in [0.25, 0.3) is 21.8 Å². The molecule has 0 aliphatic carbocycles. The molecule has 0 aliphatic heterocycles. The topological polar surface area (TPSA) is 91.3 Å². The number of halogens is 2. The molecule has 2 heterocycles. The van der Waals surface area contributed by atoms with E-state index in [1.807, 2.05) is 30.3 Å². The molecule has 1 amide bonds. The molecule has 3 N–H and O–H groups in total. The smallest absolute Gasteiger partial charge is 0.264 e. The largest absolute Gasteiger partial charge is 0.384 e. The van der Waals surface area contributed by atoms with Crippen molar-refractivity contribution in [1.29, 1.82) is 0 Å². The maximum atomic E-state index is 12.0. The summed E-state index contributed by atoms with van der Waals surface area (Å²) in [7, 11) is 0. The average Bonchev–Trinajstić information content (AvgIpc) is 2.87. The van der Waals surface area contributed by atoms with Gasteiger partial charge >= 0.3 is 0 Å². The lowest BCUT2D eigenvalue weighted by molar-refractivity contribution is -0.114. The first-order valence-corrected chi connectivity index (χ1v) is 12.7. The van der Waals surface area contributed by atoms with Crippen LogP contribution in [0.4, 0.5) is 11.4 Å². The molecule has 2 aromatic carbocycles. The number of carbonyl (C=O) groups is 1. The van der Waals surface area contributed by atoms with Crippen molar-refractivity contribution in [2.75, 3.05) is 23.8 Å². The molecule has 0 bridgehead atoms. The second kappa shape index (κ2) is 13.0. The zero-order chi connectivity index (χ0) is 25.2. The molecule has 186 valence electrons. The Kier molecular flexibility index (Phi) is 9.30. The van der Waals surface area contributed by atoms with E-state index in [2.05, 4.69) is 31.1 Å². The zero-order valence-corrected chi connectivity index (χ0v) is 21.3. The first-order chi connectivity index (χ1) is 17.6. The van der Waals surface area contributed by atoms with Crippen LogP contribution in [0.15, 0.2) is 66.0 Å². The summed E-state index contributed by atoms with van der Waals surface area (Å²) in [6, 6.07) is 15.0. The van der Waals surface area contributed by atoms with E-state index >= 15 is 0 Å². The van der Waals surface area contributed by atoms with E-state index in [4.69, 9.17) is 23.2 Å². The van der Waals surface area contributed by atoms with Crippen LogP contribution < -0.4 is 16.1 Å². The fourth-order valence-electron chi connectivity index (χ4n) is 3.92. The monoisotopic (exact) mass is 522 g/mol. The van der Waals surface area contributed by atoms with Crippen molar-refractivity contribution in [3.63, 3.8) is 0 Å². The highest BCUT2D eigenvalue weighted by Crippen LogP contribution is 2.25. The number of rotatable bonds is 12. The normalized spacial score (nSPS) is 11.3. The Morgan fingerprint density at radius 1 is 0.778 bits per heavy atom. The lowest BCUT2D eigenvalue weighted by atomic mass is 10.1. The highest BCUT2D eigenvalue weighted by molar-refractivity contribution is 6.31.